The number of ether oxygens (including phenoxy) is 1. The minimum absolute atomic E-state index is 0.0214. The third-order valence-electron chi connectivity index (χ3n) is 3.93. The number of carbonyl (C=O) groups excluding carboxylic acids is 1. The molecule has 0 saturated heterocycles. The van der Waals surface area contributed by atoms with E-state index in [1.165, 1.54) is 19.3 Å². The summed E-state index contributed by atoms with van der Waals surface area (Å²) in [5.74, 6) is -0.0481. The first-order chi connectivity index (χ1) is 7.50. The molecular weight excluding hydrogens is 204 g/mol. The van der Waals surface area contributed by atoms with Crippen LogP contribution in [-0.2, 0) is 9.53 Å². The highest BCUT2D eigenvalue weighted by atomic mass is 16.5. The van der Waals surface area contributed by atoms with Gasteiger partial charge in [0.25, 0.3) is 0 Å². The van der Waals surface area contributed by atoms with Crippen molar-refractivity contribution in [1.82, 2.24) is 0 Å². The van der Waals surface area contributed by atoms with Gasteiger partial charge in [-0.25, -0.2) is 4.79 Å². The minimum atomic E-state index is -1.34. The van der Waals surface area contributed by atoms with Gasteiger partial charge in [0, 0.05) is 0 Å². The molecule has 0 radical (unpaired) electrons. The number of rotatable bonds is 4. The molecule has 0 spiro atoms. The van der Waals surface area contributed by atoms with E-state index < -0.39 is 11.6 Å². The quantitative estimate of drug-likeness (QED) is 0.752. The molecule has 94 valence electrons. The first-order valence-corrected chi connectivity index (χ1v) is 6.39. The lowest BCUT2D eigenvalue weighted by atomic mass is 9.73. The molecular formula is C13H24O3. The summed E-state index contributed by atoms with van der Waals surface area (Å²) in [6, 6.07) is 0. The molecule has 0 heterocycles. The molecule has 1 fully saturated rings. The molecule has 3 heteroatoms. The normalized spacial score (nSPS) is 23.5. The van der Waals surface area contributed by atoms with Gasteiger partial charge in [-0.2, -0.15) is 0 Å². The monoisotopic (exact) mass is 228 g/mol. The van der Waals surface area contributed by atoms with Gasteiger partial charge in [0.1, 0.15) is 0 Å². The van der Waals surface area contributed by atoms with Gasteiger partial charge in [-0.05, 0) is 25.7 Å². The molecule has 1 N–H and O–H groups in total. The van der Waals surface area contributed by atoms with Crippen LogP contribution in [0.15, 0.2) is 0 Å². The van der Waals surface area contributed by atoms with Gasteiger partial charge in [-0.1, -0.05) is 39.0 Å². The van der Waals surface area contributed by atoms with Crippen LogP contribution >= 0.6 is 0 Å². The van der Waals surface area contributed by atoms with Crippen LogP contribution in [0.3, 0.4) is 0 Å². The van der Waals surface area contributed by atoms with Gasteiger partial charge in [-0.3, -0.25) is 0 Å². The van der Waals surface area contributed by atoms with Crippen LogP contribution in [0.1, 0.15) is 52.9 Å². The second kappa shape index (κ2) is 5.67. The summed E-state index contributed by atoms with van der Waals surface area (Å²) >= 11 is 0. The Morgan fingerprint density at radius 3 is 2.50 bits per heavy atom. The van der Waals surface area contributed by atoms with E-state index in [0.717, 1.165) is 12.8 Å². The van der Waals surface area contributed by atoms with Crippen LogP contribution in [0, 0.1) is 11.8 Å². The first kappa shape index (κ1) is 13.5. The van der Waals surface area contributed by atoms with E-state index in [0.29, 0.717) is 12.5 Å². The van der Waals surface area contributed by atoms with E-state index in [1.54, 1.807) is 13.8 Å². The molecule has 0 aromatic heterocycles. The summed E-state index contributed by atoms with van der Waals surface area (Å²) < 4.78 is 4.93. The van der Waals surface area contributed by atoms with E-state index in [9.17, 15) is 9.90 Å². The van der Waals surface area contributed by atoms with Crippen molar-refractivity contribution in [3.05, 3.63) is 0 Å². The number of esters is 1. The van der Waals surface area contributed by atoms with Crippen molar-refractivity contribution < 1.29 is 14.6 Å². The largest absolute Gasteiger partial charge is 0.464 e. The van der Waals surface area contributed by atoms with Crippen molar-refractivity contribution in [2.24, 2.45) is 11.8 Å². The molecule has 1 saturated carbocycles. The molecule has 2 atom stereocenters. The van der Waals surface area contributed by atoms with Crippen molar-refractivity contribution in [3.63, 3.8) is 0 Å². The summed E-state index contributed by atoms with van der Waals surface area (Å²) in [5.41, 5.74) is -1.34. The van der Waals surface area contributed by atoms with Crippen LogP contribution in [0.4, 0.5) is 0 Å². The van der Waals surface area contributed by atoms with E-state index in [1.807, 2.05) is 6.92 Å². The fourth-order valence-electron chi connectivity index (χ4n) is 2.56. The second-order valence-electron chi connectivity index (χ2n) is 5.05. The van der Waals surface area contributed by atoms with Crippen molar-refractivity contribution in [3.8, 4) is 0 Å². The molecule has 0 bridgehead atoms. The van der Waals surface area contributed by atoms with Crippen molar-refractivity contribution in [2.45, 2.75) is 58.5 Å². The molecule has 1 rings (SSSR count). The fourth-order valence-corrected chi connectivity index (χ4v) is 2.56. The van der Waals surface area contributed by atoms with Crippen LogP contribution in [0.5, 0.6) is 0 Å². The van der Waals surface area contributed by atoms with Crippen molar-refractivity contribution in [1.29, 1.82) is 0 Å². The molecule has 0 aliphatic heterocycles. The summed E-state index contributed by atoms with van der Waals surface area (Å²) in [4.78, 5) is 11.7. The minimum Gasteiger partial charge on any atom is -0.464 e. The Morgan fingerprint density at radius 2 is 2.00 bits per heavy atom. The van der Waals surface area contributed by atoms with E-state index >= 15 is 0 Å². The third kappa shape index (κ3) is 2.97. The van der Waals surface area contributed by atoms with Crippen LogP contribution in [0.2, 0.25) is 0 Å². The Bertz CT molecular complexity index is 229. The third-order valence-corrected chi connectivity index (χ3v) is 3.93. The Labute approximate surface area is 98.2 Å². The molecule has 0 amide bonds. The summed E-state index contributed by atoms with van der Waals surface area (Å²) in [7, 11) is 0. The van der Waals surface area contributed by atoms with Crippen LogP contribution in [-0.4, -0.2) is 23.3 Å². The number of carbonyl (C=O) groups is 1. The first-order valence-electron chi connectivity index (χ1n) is 6.39. The maximum Gasteiger partial charge on any atom is 0.338 e. The molecule has 0 aromatic rings. The lowest BCUT2D eigenvalue weighted by Gasteiger charge is -2.35. The van der Waals surface area contributed by atoms with Gasteiger partial charge in [0.05, 0.1) is 6.61 Å². The SMILES string of the molecule is CCOC(=O)C(C)(O)C(C)C1CCCCC1. The van der Waals surface area contributed by atoms with E-state index in [-0.39, 0.29) is 5.92 Å². The second-order valence-corrected chi connectivity index (χ2v) is 5.05. The van der Waals surface area contributed by atoms with Crippen molar-refractivity contribution in [2.75, 3.05) is 6.61 Å². The summed E-state index contributed by atoms with van der Waals surface area (Å²) in [5, 5.41) is 10.3. The fraction of sp³-hybridized carbons (Fsp3) is 0.923. The lowest BCUT2D eigenvalue weighted by Crippen LogP contribution is -2.46. The highest BCUT2D eigenvalue weighted by molar-refractivity contribution is 5.79. The van der Waals surface area contributed by atoms with Gasteiger partial charge in [-0.15, -0.1) is 0 Å². The smallest absolute Gasteiger partial charge is 0.338 e. The maximum absolute atomic E-state index is 11.7. The molecule has 1 aliphatic rings. The Balaban J connectivity index is 2.61. The average Bonchev–Trinajstić information content (AvgIpc) is 2.29. The summed E-state index contributed by atoms with van der Waals surface area (Å²) in [6.45, 7) is 5.64. The number of hydrogen-bond donors (Lipinski definition) is 1. The zero-order chi connectivity index (χ0) is 12.2. The standard InChI is InChI=1S/C13H24O3/c1-4-16-12(14)13(3,15)10(2)11-8-6-5-7-9-11/h10-11,15H,4-9H2,1-3H3. The molecule has 1 aliphatic carbocycles. The molecule has 16 heavy (non-hydrogen) atoms. The Hall–Kier alpha value is -0.570. The molecule has 0 aromatic carbocycles. The van der Waals surface area contributed by atoms with Gasteiger partial charge >= 0.3 is 5.97 Å². The van der Waals surface area contributed by atoms with Crippen molar-refractivity contribution >= 4 is 5.97 Å². The predicted molar refractivity (Wildman–Crippen MR) is 63.0 cm³/mol. The summed E-state index contributed by atoms with van der Waals surface area (Å²) in [6.07, 6.45) is 5.96. The van der Waals surface area contributed by atoms with Gasteiger partial charge < -0.3 is 9.84 Å². The van der Waals surface area contributed by atoms with Gasteiger partial charge in [0.2, 0.25) is 0 Å². The predicted octanol–water partition coefficient (Wildman–Crippen LogP) is 2.52. The highest BCUT2D eigenvalue weighted by Gasteiger charge is 2.41. The van der Waals surface area contributed by atoms with Crippen LogP contribution < -0.4 is 0 Å². The molecule has 3 nitrogen and oxygen atoms in total. The zero-order valence-electron chi connectivity index (χ0n) is 10.7. The van der Waals surface area contributed by atoms with Crippen LogP contribution in [0.25, 0.3) is 0 Å². The van der Waals surface area contributed by atoms with E-state index in [4.69, 9.17) is 4.74 Å². The molecule has 2 unspecified atom stereocenters. The number of hydrogen-bond acceptors (Lipinski definition) is 3. The van der Waals surface area contributed by atoms with Gasteiger partial charge in [0.15, 0.2) is 5.60 Å². The van der Waals surface area contributed by atoms with E-state index in [2.05, 4.69) is 0 Å². The maximum atomic E-state index is 11.7. The number of aliphatic hydroxyl groups is 1. The zero-order valence-corrected chi connectivity index (χ0v) is 10.7. The highest BCUT2D eigenvalue weighted by Crippen LogP contribution is 2.36. The lowest BCUT2D eigenvalue weighted by molar-refractivity contribution is -0.171. The Morgan fingerprint density at radius 1 is 1.44 bits per heavy atom. The average molecular weight is 228 g/mol. The Kier molecular flexibility index (Phi) is 4.78. The topological polar surface area (TPSA) is 46.5 Å².